The van der Waals surface area contributed by atoms with Crippen LogP contribution in [-0.4, -0.2) is 275 Å². The van der Waals surface area contributed by atoms with E-state index in [4.69, 9.17) is 61.8 Å². The first-order valence-electron chi connectivity index (χ1n) is 34.5. The van der Waals surface area contributed by atoms with Crippen LogP contribution in [0.5, 0.6) is 0 Å². The molecule has 548 valence electrons. The summed E-state index contributed by atoms with van der Waals surface area (Å²) >= 11 is 0. The maximum absolute atomic E-state index is 13.8. The molecule has 5 N–H and O–H groups in total. The number of nitrogens with one attached hydrogen (secondary N) is 5. The number of pyridine rings is 2. The van der Waals surface area contributed by atoms with E-state index in [2.05, 4.69) is 41.1 Å². The molecule has 30 heteroatoms. The Morgan fingerprint density at radius 2 is 1.15 bits per heavy atom. The number of hydrogen-bond donors (Lipinski definition) is 5. The van der Waals surface area contributed by atoms with Crippen LogP contribution in [0.3, 0.4) is 0 Å². The second-order valence-corrected chi connectivity index (χ2v) is 24.0. The smallest absolute Gasteiger partial charge is 0.264 e. The molecule has 2 fully saturated rings. The number of piperazine rings is 1. The zero-order valence-electron chi connectivity index (χ0n) is 58.1. The number of rotatable bonds is 50. The zero-order chi connectivity index (χ0) is 70.7. The highest BCUT2D eigenvalue weighted by Crippen LogP contribution is 2.33. The number of piperidine rings is 1. The van der Waals surface area contributed by atoms with Gasteiger partial charge in [0.15, 0.2) is 0 Å². The van der Waals surface area contributed by atoms with Crippen LogP contribution in [0.4, 0.5) is 11.5 Å². The maximum atomic E-state index is 13.8. The number of ether oxygens (including phenoxy) is 12. The molecule has 3 aromatic heterocycles. The summed E-state index contributed by atoms with van der Waals surface area (Å²) in [6.07, 6.45) is 3.99. The SMILES string of the molecule is Cc1cc(C)c(CNC(=O)c2cc(-c3ccc(N4CCN(CCNC(=O)CCOCCOCCOCCOCCOCCOCCOCCOCCOCCOCCOCCOCCNc5cccc6c5C(=O)N(C5CCC(=O)NC5=O)C6=O)CC4)nc3)cc3c2cnn3C(C)C)c(=O)[nH]1. The van der Waals surface area contributed by atoms with E-state index >= 15 is 0 Å². The van der Waals surface area contributed by atoms with Crippen molar-refractivity contribution in [2.45, 2.75) is 65.6 Å². The first-order valence-corrected chi connectivity index (χ1v) is 34.5. The molecule has 1 atom stereocenters. The lowest BCUT2D eigenvalue weighted by Gasteiger charge is -2.35. The fourth-order valence-electron chi connectivity index (χ4n) is 11.3. The molecule has 8 rings (SSSR count). The lowest BCUT2D eigenvalue weighted by Crippen LogP contribution is -2.54. The summed E-state index contributed by atoms with van der Waals surface area (Å²) in [5.41, 5.74) is 5.79. The average Bonchev–Trinajstić information content (AvgIpc) is 1.60. The minimum Gasteiger partial charge on any atom is -0.382 e. The summed E-state index contributed by atoms with van der Waals surface area (Å²) in [7, 11) is 0. The van der Waals surface area contributed by atoms with Crippen LogP contribution < -0.4 is 31.7 Å². The van der Waals surface area contributed by atoms with E-state index in [1.165, 1.54) is 0 Å². The number of amides is 6. The predicted molar refractivity (Wildman–Crippen MR) is 369 cm³/mol. The summed E-state index contributed by atoms with van der Waals surface area (Å²) in [6.45, 7) is 22.9. The molecule has 2 aromatic carbocycles. The average molecular weight is 1400 g/mol. The third kappa shape index (κ3) is 25.1. The summed E-state index contributed by atoms with van der Waals surface area (Å²) in [5, 5.41) is 16.6. The molecule has 5 aromatic rings. The first kappa shape index (κ1) is 78.0. The minimum atomic E-state index is -1.02. The van der Waals surface area contributed by atoms with E-state index < -0.39 is 29.7 Å². The molecule has 2 saturated heterocycles. The van der Waals surface area contributed by atoms with Gasteiger partial charge in [-0.05, 0) is 87.7 Å². The van der Waals surface area contributed by atoms with Gasteiger partial charge in [0.25, 0.3) is 23.3 Å². The van der Waals surface area contributed by atoms with E-state index in [0.29, 0.717) is 188 Å². The molecule has 6 heterocycles. The Balaban J connectivity index is 0.511. The van der Waals surface area contributed by atoms with Crippen molar-refractivity contribution in [1.29, 1.82) is 0 Å². The number of anilines is 2. The van der Waals surface area contributed by atoms with Crippen LogP contribution >= 0.6 is 0 Å². The van der Waals surface area contributed by atoms with Gasteiger partial charge in [-0.3, -0.25) is 53.4 Å². The maximum Gasteiger partial charge on any atom is 0.264 e. The molecular formula is C70H99N11O19. The molecule has 0 radical (unpaired) electrons. The standard InChI is InChI=1S/C70H99N11O19/c1-50(2)81-61-46-54(45-56(58(61)49-75-81)66(84)74-48-57-51(3)44-52(4)76-67(57)85)53-8-10-62(73-47-53)79-18-16-78(17-19-79)15-13-72-63(82)12-20-89-22-24-91-26-28-93-30-32-95-34-36-97-38-40-99-42-43-100-41-39-98-37-35-96-33-31-94-29-27-92-25-23-90-21-14-71-59-7-5-6-55-65(59)70(88)80(69(55)87)60-9-11-64(83)77-68(60)86/h5-8,10,44-47,49-50,60,71H,9,11-43,48H2,1-4H3,(H,72,82)(H,74,84)(H,76,85)(H,77,83,86). The number of H-pyrrole nitrogens is 1. The van der Waals surface area contributed by atoms with Gasteiger partial charge >= 0.3 is 0 Å². The number of imide groups is 2. The second-order valence-electron chi connectivity index (χ2n) is 24.0. The van der Waals surface area contributed by atoms with Crippen LogP contribution in [0.2, 0.25) is 0 Å². The fraction of sp³-hybridized carbons (Fsp3) is 0.586. The molecule has 0 bridgehead atoms. The Bertz CT molecular complexity index is 3440. The van der Waals surface area contributed by atoms with Gasteiger partial charge in [-0.25, -0.2) is 4.98 Å². The number of carbonyl (C=O) groups is 6. The van der Waals surface area contributed by atoms with Crippen molar-refractivity contribution in [2.24, 2.45) is 0 Å². The molecule has 0 spiro atoms. The second kappa shape index (κ2) is 43.2. The quantitative estimate of drug-likeness (QED) is 0.0276. The van der Waals surface area contributed by atoms with Crippen molar-refractivity contribution in [2.75, 3.05) is 215 Å². The van der Waals surface area contributed by atoms with Crippen molar-refractivity contribution < 1.29 is 85.6 Å². The third-order valence-electron chi connectivity index (χ3n) is 16.5. The molecule has 100 heavy (non-hydrogen) atoms. The highest BCUT2D eigenvalue weighted by molar-refractivity contribution is 6.25. The highest BCUT2D eigenvalue weighted by Gasteiger charge is 2.45. The monoisotopic (exact) mass is 1400 g/mol. The fourth-order valence-corrected chi connectivity index (χ4v) is 11.3. The molecule has 1 unspecified atom stereocenters. The zero-order valence-corrected chi connectivity index (χ0v) is 58.1. The molecule has 3 aliphatic rings. The Kier molecular flexibility index (Phi) is 33.7. The third-order valence-corrected chi connectivity index (χ3v) is 16.5. The summed E-state index contributed by atoms with van der Waals surface area (Å²) < 4.78 is 68.6. The number of fused-ring (bicyclic) bond motifs is 2. The highest BCUT2D eigenvalue weighted by atomic mass is 16.6. The number of hydrogen-bond acceptors (Lipinski definition) is 24. The van der Waals surface area contributed by atoms with Gasteiger partial charge in [0.05, 0.1) is 187 Å². The Morgan fingerprint density at radius 1 is 0.600 bits per heavy atom. The van der Waals surface area contributed by atoms with Crippen molar-refractivity contribution in [3.8, 4) is 11.1 Å². The number of aromatic amines is 1. The van der Waals surface area contributed by atoms with E-state index in [1.807, 2.05) is 68.9 Å². The van der Waals surface area contributed by atoms with Gasteiger partial charge in [-0.2, -0.15) is 5.10 Å². The van der Waals surface area contributed by atoms with Gasteiger partial charge in [0.2, 0.25) is 17.7 Å². The molecule has 30 nitrogen and oxygen atoms in total. The van der Waals surface area contributed by atoms with Gasteiger partial charge in [-0.1, -0.05) is 6.07 Å². The van der Waals surface area contributed by atoms with Crippen LogP contribution in [0.1, 0.15) is 87.0 Å². The van der Waals surface area contributed by atoms with Gasteiger partial charge in [0, 0.05) is 105 Å². The van der Waals surface area contributed by atoms with Crippen LogP contribution in [-0.2, 0) is 77.8 Å². The minimum absolute atomic E-state index is 0.0533. The van der Waals surface area contributed by atoms with E-state index in [-0.39, 0.29) is 60.3 Å². The number of aryl methyl sites for hydroxylation is 2. The summed E-state index contributed by atoms with van der Waals surface area (Å²) in [4.78, 5) is 102. The van der Waals surface area contributed by atoms with Gasteiger partial charge in [-0.15, -0.1) is 0 Å². The molecule has 0 aliphatic carbocycles. The van der Waals surface area contributed by atoms with Crippen LogP contribution in [0.15, 0.2) is 65.7 Å². The van der Waals surface area contributed by atoms with E-state index in [0.717, 1.165) is 76.7 Å². The Labute approximate surface area is 582 Å². The normalized spacial score (nSPS) is 15.0. The van der Waals surface area contributed by atoms with Crippen LogP contribution in [0, 0.1) is 13.8 Å². The van der Waals surface area contributed by atoms with E-state index in [9.17, 15) is 33.6 Å². The summed E-state index contributed by atoms with van der Waals surface area (Å²) in [5.74, 6) is -1.67. The number of nitrogens with zero attached hydrogens (tertiary/aromatic N) is 6. The van der Waals surface area contributed by atoms with Crippen molar-refractivity contribution >= 4 is 57.9 Å². The van der Waals surface area contributed by atoms with Gasteiger partial charge in [0.1, 0.15) is 11.9 Å². The predicted octanol–water partition coefficient (Wildman–Crippen LogP) is 3.26. The molecular weight excluding hydrogens is 1300 g/mol. The number of benzene rings is 2. The van der Waals surface area contributed by atoms with Crippen molar-refractivity contribution in [1.82, 2.24) is 45.5 Å². The Morgan fingerprint density at radius 3 is 1.67 bits per heavy atom. The summed E-state index contributed by atoms with van der Waals surface area (Å²) in [6, 6.07) is 13.8. The molecule has 0 saturated carbocycles. The van der Waals surface area contributed by atoms with Crippen molar-refractivity contribution in [3.05, 3.63) is 105 Å². The molecule has 3 aliphatic heterocycles. The topological polar surface area (TPSA) is 335 Å². The first-order chi connectivity index (χ1) is 48.8. The lowest BCUT2D eigenvalue weighted by atomic mass is 10.0. The number of aromatic nitrogens is 4. The number of carbonyl (C=O) groups excluding carboxylic acids is 6. The van der Waals surface area contributed by atoms with E-state index in [1.54, 1.807) is 24.4 Å². The lowest BCUT2D eigenvalue weighted by molar-refractivity contribution is -0.136. The van der Waals surface area contributed by atoms with Crippen LogP contribution in [0.25, 0.3) is 22.0 Å². The van der Waals surface area contributed by atoms with Crippen molar-refractivity contribution in [3.63, 3.8) is 0 Å². The molecule has 6 amide bonds. The Hall–Kier alpha value is -7.69. The van der Waals surface area contributed by atoms with Gasteiger partial charge < -0.3 is 82.7 Å². The largest absolute Gasteiger partial charge is 0.382 e.